The Kier molecular flexibility index (Phi) is 78.8. The summed E-state index contributed by atoms with van der Waals surface area (Å²) in [6.07, 6.45) is 103. The zero-order valence-electron chi connectivity index (χ0n) is 67.1. The lowest BCUT2D eigenvalue weighted by atomic mass is 10.0. The van der Waals surface area contributed by atoms with Crippen molar-refractivity contribution in [3.8, 4) is 0 Å². The van der Waals surface area contributed by atoms with Gasteiger partial charge in [0.2, 0.25) is 0 Å². The Bertz CT molecular complexity index is 1650. The van der Waals surface area contributed by atoms with Gasteiger partial charge in [-0.2, -0.15) is 0 Å². The minimum Gasteiger partial charge on any atom is -0.462 e. The summed E-state index contributed by atoms with van der Waals surface area (Å²) in [4.78, 5) is 36.0. The van der Waals surface area contributed by atoms with Gasteiger partial charge in [-0.05, 0) is 38.5 Å². The van der Waals surface area contributed by atoms with E-state index in [9.17, 15) is 19.0 Å². The summed E-state index contributed by atoms with van der Waals surface area (Å²) < 4.78 is 34.9. The molecule has 584 valence electrons. The highest BCUT2D eigenvalue weighted by molar-refractivity contribution is 7.47. The summed E-state index contributed by atoms with van der Waals surface area (Å²) in [6, 6.07) is 0. The van der Waals surface area contributed by atoms with Crippen LogP contribution in [0.25, 0.3) is 0 Å². The number of rotatable bonds is 85. The molecule has 0 saturated carbocycles. The molecule has 0 rings (SSSR count). The van der Waals surface area contributed by atoms with Crippen LogP contribution >= 0.6 is 7.82 Å². The molecule has 0 aliphatic heterocycles. The van der Waals surface area contributed by atoms with E-state index in [1.54, 1.807) is 0 Å². The fourth-order valence-corrected chi connectivity index (χ4v) is 14.8. The molecule has 0 saturated heterocycles. The van der Waals surface area contributed by atoms with E-state index < -0.39 is 26.5 Å². The zero-order valence-corrected chi connectivity index (χ0v) is 68.0. The smallest absolute Gasteiger partial charge is 0.462 e. The average Bonchev–Trinajstić information content (AvgIpc) is 1.08. The van der Waals surface area contributed by atoms with Crippen LogP contribution in [-0.4, -0.2) is 74.9 Å². The Balaban J connectivity index is 3.83. The van der Waals surface area contributed by atoms with Gasteiger partial charge in [-0.1, -0.05) is 450 Å². The van der Waals surface area contributed by atoms with E-state index in [0.29, 0.717) is 17.4 Å². The Labute approximate surface area is 613 Å². The predicted molar refractivity (Wildman–Crippen MR) is 428 cm³/mol. The first-order valence-corrected chi connectivity index (χ1v) is 45.9. The quantitative estimate of drug-likeness (QED) is 0.0211. The summed E-state index contributed by atoms with van der Waals surface area (Å²) in [5, 5.41) is 0. The number of carbonyl (C=O) groups excluding carboxylic acids is 2. The first-order chi connectivity index (χ1) is 48.0. The molecule has 2 atom stereocenters. The molecular weight excluding hydrogens is 1230 g/mol. The van der Waals surface area contributed by atoms with Crippen molar-refractivity contribution in [2.24, 2.45) is 0 Å². The molecule has 9 nitrogen and oxygen atoms in total. The summed E-state index contributed by atoms with van der Waals surface area (Å²) in [7, 11) is 1.51. The molecule has 0 bridgehead atoms. The maximum Gasteiger partial charge on any atom is 0.472 e. The third kappa shape index (κ3) is 83.7. The topological polar surface area (TPSA) is 108 Å². The van der Waals surface area contributed by atoms with E-state index in [2.05, 4.69) is 26.0 Å². The van der Waals surface area contributed by atoms with Gasteiger partial charge in [-0.3, -0.25) is 18.6 Å². The summed E-state index contributed by atoms with van der Waals surface area (Å²) in [5.74, 6) is -0.764. The lowest BCUT2D eigenvalue weighted by Gasteiger charge is -2.24. The molecule has 0 amide bonds. The number of hydrogen-bond acceptors (Lipinski definition) is 7. The van der Waals surface area contributed by atoms with E-state index in [1.807, 2.05) is 21.1 Å². The molecule has 0 aromatic rings. The lowest BCUT2D eigenvalue weighted by molar-refractivity contribution is -0.870. The van der Waals surface area contributed by atoms with Crippen molar-refractivity contribution >= 4 is 19.8 Å². The van der Waals surface area contributed by atoms with Crippen LogP contribution < -0.4 is 0 Å². The molecule has 0 aromatic carbocycles. The van der Waals surface area contributed by atoms with Crippen LogP contribution in [0.4, 0.5) is 0 Å². The number of carbonyl (C=O) groups is 2. The van der Waals surface area contributed by atoms with Crippen LogP contribution in [0.5, 0.6) is 0 Å². The van der Waals surface area contributed by atoms with Crippen molar-refractivity contribution in [3.63, 3.8) is 0 Å². The minimum atomic E-state index is -4.39. The Morgan fingerprint density at radius 1 is 0.306 bits per heavy atom. The molecule has 10 heteroatoms. The number of ether oxygens (including phenoxy) is 2. The molecule has 0 radical (unpaired) electrons. The van der Waals surface area contributed by atoms with Gasteiger partial charge in [0, 0.05) is 12.8 Å². The number of quaternary nitrogens is 1. The van der Waals surface area contributed by atoms with Crippen molar-refractivity contribution in [2.45, 2.75) is 495 Å². The van der Waals surface area contributed by atoms with Crippen LogP contribution in [0.1, 0.15) is 489 Å². The third-order valence-corrected chi connectivity index (χ3v) is 21.8. The molecule has 2 unspecified atom stereocenters. The number of hydrogen-bond donors (Lipinski definition) is 1. The fraction of sp³-hybridized carbons (Fsp3) is 0.955. The van der Waals surface area contributed by atoms with Crippen LogP contribution in [0.15, 0.2) is 12.2 Å². The van der Waals surface area contributed by atoms with Gasteiger partial charge in [-0.25, -0.2) is 4.57 Å². The third-order valence-electron chi connectivity index (χ3n) is 20.8. The number of likely N-dealkylation sites (N-methyl/N-ethyl adjacent to an activating group) is 1. The summed E-state index contributed by atoms with van der Waals surface area (Å²) >= 11 is 0. The number of phosphoric ester groups is 1. The standard InChI is InChI=1S/C88H174NO8P/c1-6-8-10-12-14-16-18-20-22-24-26-28-30-32-34-36-38-40-42-43-44-45-47-48-50-52-54-56-58-60-62-64-66-68-70-72-74-76-78-80-87(90)94-84-86(85-96-98(92,93)95-83-82-89(3,4)5)97-88(91)81-79-77-75-73-71-69-67-65-63-61-59-57-55-53-51-49-46-41-39-37-35-33-31-29-27-25-23-21-19-17-15-13-11-9-7-2/h25,27,86H,6-24,26,28-85H2,1-5H3/p+1/b27-25-. The van der Waals surface area contributed by atoms with Crippen molar-refractivity contribution < 1.29 is 42.1 Å². The minimum absolute atomic E-state index is 0.0371. The highest BCUT2D eigenvalue weighted by Crippen LogP contribution is 2.43. The average molecular weight is 1410 g/mol. The predicted octanol–water partition coefficient (Wildman–Crippen LogP) is 29.7. The second kappa shape index (κ2) is 79.9. The molecule has 1 N–H and O–H groups in total. The molecule has 0 aliphatic carbocycles. The molecule has 0 spiro atoms. The van der Waals surface area contributed by atoms with Crippen LogP contribution in [0, 0.1) is 0 Å². The monoisotopic (exact) mass is 1410 g/mol. The van der Waals surface area contributed by atoms with Crippen molar-refractivity contribution in [3.05, 3.63) is 12.2 Å². The maximum absolute atomic E-state index is 12.9. The van der Waals surface area contributed by atoms with Gasteiger partial charge < -0.3 is 18.9 Å². The van der Waals surface area contributed by atoms with E-state index in [0.717, 1.165) is 38.5 Å². The molecule has 98 heavy (non-hydrogen) atoms. The highest BCUT2D eigenvalue weighted by atomic mass is 31.2. The molecule has 0 heterocycles. The number of unbranched alkanes of at least 4 members (excludes halogenated alkanes) is 69. The molecule has 0 fully saturated rings. The SMILES string of the molecule is CCCCCCCCCC/C=C\CCCCCCCCCCCCCCCCCCCCCCCCCC(=O)OC(COC(=O)CCCCCCCCCCCCCCCCCCCCCCCCCCCCCCCCCCCCCCCCC)COP(=O)(O)OCC[N+](C)(C)C. The second-order valence-electron chi connectivity index (χ2n) is 32.0. The maximum atomic E-state index is 12.9. The Morgan fingerprint density at radius 2 is 0.520 bits per heavy atom. The van der Waals surface area contributed by atoms with E-state index in [-0.39, 0.29) is 25.6 Å². The highest BCUT2D eigenvalue weighted by Gasteiger charge is 2.27. The first-order valence-electron chi connectivity index (χ1n) is 44.4. The van der Waals surface area contributed by atoms with Crippen molar-refractivity contribution in [2.75, 3.05) is 47.5 Å². The summed E-state index contributed by atoms with van der Waals surface area (Å²) in [6.45, 7) is 4.54. The second-order valence-corrected chi connectivity index (χ2v) is 33.5. The number of nitrogens with zero attached hydrogens (tertiary/aromatic N) is 1. The van der Waals surface area contributed by atoms with Crippen LogP contribution in [0.3, 0.4) is 0 Å². The normalized spacial score (nSPS) is 12.9. The fourth-order valence-electron chi connectivity index (χ4n) is 14.0. The molecule has 0 aliphatic rings. The van der Waals surface area contributed by atoms with E-state index >= 15 is 0 Å². The van der Waals surface area contributed by atoms with E-state index in [4.69, 9.17) is 18.5 Å². The van der Waals surface area contributed by atoms with Gasteiger partial charge in [0.1, 0.15) is 19.8 Å². The van der Waals surface area contributed by atoms with Crippen LogP contribution in [-0.2, 0) is 32.7 Å². The van der Waals surface area contributed by atoms with Crippen molar-refractivity contribution in [1.29, 1.82) is 0 Å². The Morgan fingerprint density at radius 3 is 0.755 bits per heavy atom. The Hall–Kier alpha value is -1.25. The van der Waals surface area contributed by atoms with Gasteiger partial charge >= 0.3 is 19.8 Å². The zero-order chi connectivity index (χ0) is 71.1. The number of allylic oxidation sites excluding steroid dienone is 2. The molecular formula is C88H175NO8P+. The first kappa shape index (κ1) is 96.8. The summed E-state index contributed by atoms with van der Waals surface area (Å²) in [5.41, 5.74) is 0. The van der Waals surface area contributed by atoms with Gasteiger partial charge in [0.05, 0.1) is 27.7 Å². The number of esters is 2. The largest absolute Gasteiger partial charge is 0.472 e. The number of phosphoric acid groups is 1. The van der Waals surface area contributed by atoms with Crippen molar-refractivity contribution in [1.82, 2.24) is 0 Å². The van der Waals surface area contributed by atoms with Gasteiger partial charge in [0.15, 0.2) is 6.10 Å². The molecule has 0 aromatic heterocycles. The van der Waals surface area contributed by atoms with Gasteiger partial charge in [-0.15, -0.1) is 0 Å². The lowest BCUT2D eigenvalue weighted by Crippen LogP contribution is -2.37. The van der Waals surface area contributed by atoms with Crippen LogP contribution in [0.2, 0.25) is 0 Å². The van der Waals surface area contributed by atoms with Gasteiger partial charge in [0.25, 0.3) is 0 Å². The van der Waals surface area contributed by atoms with E-state index in [1.165, 1.54) is 424 Å².